The second-order valence-corrected chi connectivity index (χ2v) is 5.13. The molecule has 0 aliphatic carbocycles. The lowest BCUT2D eigenvalue weighted by Gasteiger charge is -2.26. The summed E-state index contributed by atoms with van der Waals surface area (Å²) in [6.07, 6.45) is 1.45. The van der Waals surface area contributed by atoms with Crippen LogP contribution >= 0.6 is 0 Å². The minimum atomic E-state index is -4.67. The summed E-state index contributed by atoms with van der Waals surface area (Å²) in [5, 5.41) is 9.79. The van der Waals surface area contributed by atoms with Crippen LogP contribution in [-0.2, 0) is 15.1 Å². The minimum Gasteiger partial charge on any atom is -0.465 e. The zero-order valence-corrected chi connectivity index (χ0v) is 12.7. The molecule has 0 aliphatic rings. The summed E-state index contributed by atoms with van der Waals surface area (Å²) >= 11 is 0. The fourth-order valence-corrected chi connectivity index (χ4v) is 1.39. The van der Waals surface area contributed by atoms with Crippen molar-refractivity contribution in [2.75, 3.05) is 0 Å². The van der Waals surface area contributed by atoms with E-state index in [1.54, 1.807) is 19.9 Å². The molecule has 0 saturated carbocycles. The van der Waals surface area contributed by atoms with Crippen molar-refractivity contribution in [1.82, 2.24) is 0 Å². The lowest BCUT2D eigenvalue weighted by atomic mass is 10.2. The van der Waals surface area contributed by atoms with Gasteiger partial charge in [0.15, 0.2) is 12.1 Å². The highest BCUT2D eigenvalue weighted by Gasteiger charge is 2.22. The molecule has 0 fully saturated rings. The van der Waals surface area contributed by atoms with Gasteiger partial charge in [-0.2, -0.15) is 8.42 Å². The highest BCUT2D eigenvalue weighted by atomic mass is 32.3. The first-order valence-electron chi connectivity index (χ1n) is 5.96. The Bertz CT molecular complexity index is 503. The Morgan fingerprint density at radius 2 is 1.81 bits per heavy atom. The van der Waals surface area contributed by atoms with E-state index in [9.17, 15) is 5.11 Å². The predicted molar refractivity (Wildman–Crippen MR) is 77.2 cm³/mol. The molecule has 0 spiro atoms. The number of para-hydroxylation sites is 1. The average molecular weight is 320 g/mol. The van der Waals surface area contributed by atoms with Crippen molar-refractivity contribution in [3.8, 4) is 5.75 Å². The largest absolute Gasteiger partial charge is 0.465 e. The van der Waals surface area contributed by atoms with E-state index in [4.69, 9.17) is 27.0 Å². The number of benzene rings is 1. The number of ether oxygens (including phenoxy) is 2. The lowest BCUT2D eigenvalue weighted by molar-refractivity contribution is -0.253. The van der Waals surface area contributed by atoms with Crippen molar-refractivity contribution in [2.45, 2.75) is 32.3 Å². The van der Waals surface area contributed by atoms with Crippen LogP contribution in [0.3, 0.4) is 0 Å². The third-order valence-corrected chi connectivity index (χ3v) is 1.99. The molecule has 0 radical (unpaired) electrons. The van der Waals surface area contributed by atoms with Crippen molar-refractivity contribution in [3.05, 3.63) is 43.0 Å². The van der Waals surface area contributed by atoms with Gasteiger partial charge in [0, 0.05) is 6.42 Å². The molecule has 0 saturated heterocycles. The van der Waals surface area contributed by atoms with E-state index in [0.29, 0.717) is 12.2 Å². The van der Waals surface area contributed by atoms with E-state index in [1.165, 1.54) is 0 Å². The standard InChI is InChI=1S/C13H18O3.H2O4S/c1-4-10-13(3,14)16-11(2)15-12-8-6-5-7-9-12;1-5(2,3)4/h4-9,11,14H,1,10H2,2-3H3;(H2,1,2,3,4). The van der Waals surface area contributed by atoms with Gasteiger partial charge in [0.1, 0.15) is 5.75 Å². The summed E-state index contributed by atoms with van der Waals surface area (Å²) in [4.78, 5) is 0. The molecule has 1 aromatic rings. The fraction of sp³-hybridized carbons (Fsp3) is 0.385. The molecule has 120 valence electrons. The summed E-state index contributed by atoms with van der Waals surface area (Å²) in [5.74, 6) is -0.528. The van der Waals surface area contributed by atoms with Gasteiger partial charge in [0.2, 0.25) is 0 Å². The van der Waals surface area contributed by atoms with Gasteiger partial charge in [-0.1, -0.05) is 24.3 Å². The zero-order chi connectivity index (χ0) is 16.5. The smallest absolute Gasteiger partial charge is 0.394 e. The molecular weight excluding hydrogens is 300 g/mol. The van der Waals surface area contributed by atoms with Crippen LogP contribution in [0.25, 0.3) is 0 Å². The van der Waals surface area contributed by atoms with Crippen molar-refractivity contribution >= 4 is 10.4 Å². The zero-order valence-electron chi connectivity index (χ0n) is 11.8. The highest BCUT2D eigenvalue weighted by Crippen LogP contribution is 2.17. The summed E-state index contributed by atoms with van der Waals surface area (Å²) in [7, 11) is -4.67. The number of hydrogen-bond donors (Lipinski definition) is 3. The predicted octanol–water partition coefficient (Wildman–Crippen LogP) is 2.06. The Kier molecular flexibility index (Phi) is 8.15. The minimum absolute atomic E-state index is 0.357. The Hall–Kier alpha value is -1.45. The second-order valence-electron chi connectivity index (χ2n) is 4.23. The number of hydrogen-bond acceptors (Lipinski definition) is 5. The quantitative estimate of drug-likeness (QED) is 0.417. The van der Waals surface area contributed by atoms with Crippen LogP contribution in [0.4, 0.5) is 0 Å². The first kappa shape index (κ1) is 19.6. The van der Waals surface area contributed by atoms with Crippen LogP contribution in [-0.4, -0.2) is 34.7 Å². The normalized spacial score (nSPS) is 15.1. The van der Waals surface area contributed by atoms with E-state index in [0.717, 1.165) is 0 Å². The summed E-state index contributed by atoms with van der Waals surface area (Å²) in [6.45, 7) is 6.88. The molecule has 0 aromatic heterocycles. The second kappa shape index (κ2) is 8.75. The maximum absolute atomic E-state index is 9.79. The highest BCUT2D eigenvalue weighted by molar-refractivity contribution is 7.79. The molecule has 1 aromatic carbocycles. The van der Waals surface area contributed by atoms with Gasteiger partial charge < -0.3 is 14.6 Å². The molecular formula is C13H20O7S. The molecule has 8 heteroatoms. The van der Waals surface area contributed by atoms with Gasteiger partial charge in [0.25, 0.3) is 0 Å². The molecule has 2 unspecified atom stereocenters. The van der Waals surface area contributed by atoms with Crippen LogP contribution in [0.2, 0.25) is 0 Å². The van der Waals surface area contributed by atoms with Crippen LogP contribution in [0.5, 0.6) is 5.75 Å². The molecule has 3 N–H and O–H groups in total. The Morgan fingerprint density at radius 1 is 1.33 bits per heavy atom. The summed E-state index contributed by atoms with van der Waals surface area (Å²) < 4.78 is 42.4. The molecule has 21 heavy (non-hydrogen) atoms. The number of rotatable bonds is 6. The lowest BCUT2D eigenvalue weighted by Crippen LogP contribution is -2.34. The summed E-state index contributed by atoms with van der Waals surface area (Å²) in [6, 6.07) is 9.34. The van der Waals surface area contributed by atoms with E-state index in [-0.39, 0.29) is 0 Å². The monoisotopic (exact) mass is 320 g/mol. The van der Waals surface area contributed by atoms with E-state index in [2.05, 4.69) is 6.58 Å². The first-order chi connectivity index (χ1) is 9.53. The molecule has 2 atom stereocenters. The molecule has 7 nitrogen and oxygen atoms in total. The summed E-state index contributed by atoms with van der Waals surface area (Å²) in [5.41, 5.74) is 0. The van der Waals surface area contributed by atoms with Gasteiger partial charge in [-0.15, -0.1) is 6.58 Å². The van der Waals surface area contributed by atoms with Gasteiger partial charge in [-0.25, -0.2) is 0 Å². The topological polar surface area (TPSA) is 113 Å². The molecule has 0 aliphatic heterocycles. The molecule has 0 amide bonds. The van der Waals surface area contributed by atoms with Gasteiger partial charge in [-0.05, 0) is 26.0 Å². The van der Waals surface area contributed by atoms with Gasteiger partial charge in [-0.3, -0.25) is 9.11 Å². The Morgan fingerprint density at radius 3 is 2.24 bits per heavy atom. The van der Waals surface area contributed by atoms with Crippen molar-refractivity contribution in [1.29, 1.82) is 0 Å². The van der Waals surface area contributed by atoms with E-state index < -0.39 is 22.5 Å². The fourth-order valence-electron chi connectivity index (χ4n) is 1.39. The Labute approximate surface area is 124 Å². The van der Waals surface area contributed by atoms with Gasteiger partial charge >= 0.3 is 10.4 Å². The Balaban J connectivity index is 0.000000690. The third-order valence-electron chi connectivity index (χ3n) is 1.99. The molecule has 1 rings (SSSR count). The van der Waals surface area contributed by atoms with Crippen LogP contribution in [0.15, 0.2) is 43.0 Å². The SMILES string of the molecule is C=CCC(C)(O)OC(C)Oc1ccccc1.O=S(=O)(O)O. The first-order valence-corrected chi connectivity index (χ1v) is 7.36. The van der Waals surface area contributed by atoms with Crippen molar-refractivity contribution in [2.24, 2.45) is 0 Å². The van der Waals surface area contributed by atoms with Crippen LogP contribution in [0.1, 0.15) is 20.3 Å². The van der Waals surface area contributed by atoms with Crippen molar-refractivity contribution < 1.29 is 32.1 Å². The third kappa shape index (κ3) is 13.3. The molecule has 0 heterocycles. The van der Waals surface area contributed by atoms with Crippen LogP contribution < -0.4 is 4.74 Å². The average Bonchev–Trinajstić information content (AvgIpc) is 2.26. The van der Waals surface area contributed by atoms with Gasteiger partial charge in [0.05, 0.1) is 0 Å². The number of aliphatic hydroxyl groups is 1. The van der Waals surface area contributed by atoms with E-state index in [1.807, 2.05) is 30.3 Å². The van der Waals surface area contributed by atoms with Crippen LogP contribution in [0, 0.1) is 0 Å². The molecule has 0 bridgehead atoms. The van der Waals surface area contributed by atoms with E-state index >= 15 is 0 Å². The maximum atomic E-state index is 9.79. The van der Waals surface area contributed by atoms with Crippen molar-refractivity contribution in [3.63, 3.8) is 0 Å². The maximum Gasteiger partial charge on any atom is 0.394 e.